The van der Waals surface area contributed by atoms with Gasteiger partial charge in [0.25, 0.3) is 0 Å². The summed E-state index contributed by atoms with van der Waals surface area (Å²) >= 11 is 3.17. The number of halogens is 1. The second-order valence-electron chi connectivity index (χ2n) is 3.72. The highest BCUT2D eigenvalue weighted by atomic mass is 32.2. The maximum atomic E-state index is 13.4. The highest BCUT2D eigenvalue weighted by molar-refractivity contribution is 7.98. The van der Waals surface area contributed by atoms with Crippen molar-refractivity contribution in [2.45, 2.75) is 24.1 Å². The Hall–Kier alpha value is -0.910. The smallest absolute Gasteiger partial charge is 0.136 e. The minimum atomic E-state index is -0.160. The molecule has 0 aliphatic heterocycles. The summed E-state index contributed by atoms with van der Waals surface area (Å²) in [5, 5.41) is 4.30. The molecule has 0 atom stereocenters. The molecule has 0 radical (unpaired) electrons. The maximum absolute atomic E-state index is 13.4. The first-order chi connectivity index (χ1) is 8.79. The molecule has 0 saturated heterocycles. The topological polar surface area (TPSA) is 24.9 Å². The summed E-state index contributed by atoms with van der Waals surface area (Å²) in [6, 6.07) is 6.84. The lowest BCUT2D eigenvalue weighted by atomic mass is 10.3. The molecule has 18 heavy (non-hydrogen) atoms. The number of rotatable bonds is 6. The van der Waals surface area contributed by atoms with Crippen molar-refractivity contribution < 1.29 is 4.39 Å². The first-order valence-electron chi connectivity index (χ1n) is 5.81. The fourth-order valence-corrected chi connectivity index (χ4v) is 3.28. The Labute approximate surface area is 115 Å². The fraction of sp³-hybridized carbons (Fsp3) is 0.308. The highest BCUT2D eigenvalue weighted by Crippen LogP contribution is 2.26. The van der Waals surface area contributed by atoms with Crippen LogP contribution >= 0.6 is 23.1 Å². The molecule has 5 heteroatoms. The first-order valence-corrected chi connectivity index (χ1v) is 7.61. The van der Waals surface area contributed by atoms with Crippen molar-refractivity contribution in [3.8, 4) is 0 Å². The van der Waals surface area contributed by atoms with Crippen LogP contribution in [0.1, 0.15) is 16.8 Å². The van der Waals surface area contributed by atoms with Crippen LogP contribution in [0.5, 0.6) is 0 Å². The Balaban J connectivity index is 1.90. The molecule has 1 N–H and O–H groups in total. The largest absolute Gasteiger partial charge is 0.312 e. The SMILES string of the molecule is CCNCc1cnc(CSc2ccccc2F)s1. The molecule has 0 bridgehead atoms. The summed E-state index contributed by atoms with van der Waals surface area (Å²) in [6.07, 6.45) is 1.89. The van der Waals surface area contributed by atoms with Crippen molar-refractivity contribution in [2.75, 3.05) is 6.54 Å². The van der Waals surface area contributed by atoms with Crippen LogP contribution in [-0.4, -0.2) is 11.5 Å². The van der Waals surface area contributed by atoms with Crippen LogP contribution in [0.2, 0.25) is 0 Å². The third kappa shape index (κ3) is 3.80. The Morgan fingerprint density at radius 3 is 3.00 bits per heavy atom. The molecule has 0 saturated carbocycles. The number of hydrogen-bond donors (Lipinski definition) is 1. The number of hydrogen-bond acceptors (Lipinski definition) is 4. The van der Waals surface area contributed by atoms with Crippen LogP contribution in [0.3, 0.4) is 0 Å². The number of benzene rings is 1. The zero-order valence-electron chi connectivity index (χ0n) is 10.1. The number of nitrogens with zero attached hydrogens (tertiary/aromatic N) is 1. The molecule has 0 unspecified atom stereocenters. The highest BCUT2D eigenvalue weighted by Gasteiger charge is 2.05. The monoisotopic (exact) mass is 282 g/mol. The zero-order chi connectivity index (χ0) is 12.8. The van der Waals surface area contributed by atoms with Gasteiger partial charge in [-0.2, -0.15) is 0 Å². The Kier molecular flexibility index (Phi) is 5.16. The fourth-order valence-electron chi connectivity index (χ4n) is 1.45. The van der Waals surface area contributed by atoms with Crippen molar-refractivity contribution in [1.29, 1.82) is 0 Å². The van der Waals surface area contributed by atoms with Crippen molar-refractivity contribution >= 4 is 23.1 Å². The van der Waals surface area contributed by atoms with E-state index < -0.39 is 0 Å². The molecule has 2 rings (SSSR count). The van der Waals surface area contributed by atoms with Crippen LogP contribution in [0.25, 0.3) is 0 Å². The van der Waals surface area contributed by atoms with Gasteiger partial charge in [-0.25, -0.2) is 9.37 Å². The number of aromatic nitrogens is 1. The Morgan fingerprint density at radius 1 is 1.39 bits per heavy atom. The number of nitrogens with one attached hydrogen (secondary N) is 1. The van der Waals surface area contributed by atoms with E-state index in [4.69, 9.17) is 0 Å². The van der Waals surface area contributed by atoms with Gasteiger partial charge < -0.3 is 5.32 Å². The molecule has 0 aliphatic carbocycles. The molecular formula is C13H15FN2S2. The molecule has 96 valence electrons. The molecular weight excluding hydrogens is 267 g/mol. The average molecular weight is 282 g/mol. The minimum Gasteiger partial charge on any atom is -0.312 e. The van der Waals surface area contributed by atoms with E-state index in [0.717, 1.165) is 23.8 Å². The molecule has 2 aromatic rings. The maximum Gasteiger partial charge on any atom is 0.136 e. The molecule has 0 fully saturated rings. The molecule has 1 heterocycles. The summed E-state index contributed by atoms with van der Waals surface area (Å²) in [6.45, 7) is 3.89. The third-order valence-corrected chi connectivity index (χ3v) is 4.58. The lowest BCUT2D eigenvalue weighted by Crippen LogP contribution is -2.10. The summed E-state index contributed by atoms with van der Waals surface area (Å²) in [5.74, 6) is 0.560. The zero-order valence-corrected chi connectivity index (χ0v) is 11.8. The van der Waals surface area contributed by atoms with Crippen LogP contribution in [0, 0.1) is 5.82 Å². The average Bonchev–Trinajstić information content (AvgIpc) is 2.83. The minimum absolute atomic E-state index is 0.160. The quantitative estimate of drug-likeness (QED) is 0.818. The van der Waals surface area contributed by atoms with Gasteiger partial charge in [0.1, 0.15) is 10.8 Å². The predicted octanol–water partition coefficient (Wildman–Crippen LogP) is 3.68. The van der Waals surface area contributed by atoms with E-state index in [9.17, 15) is 4.39 Å². The van der Waals surface area contributed by atoms with Gasteiger partial charge in [0.05, 0.1) is 5.75 Å². The van der Waals surface area contributed by atoms with Gasteiger partial charge >= 0.3 is 0 Å². The molecule has 0 amide bonds. The molecule has 1 aromatic heterocycles. The van der Waals surface area contributed by atoms with E-state index in [-0.39, 0.29) is 5.82 Å². The van der Waals surface area contributed by atoms with E-state index in [1.54, 1.807) is 23.5 Å². The van der Waals surface area contributed by atoms with Gasteiger partial charge in [0.2, 0.25) is 0 Å². The van der Waals surface area contributed by atoms with E-state index in [2.05, 4.69) is 17.2 Å². The van der Waals surface area contributed by atoms with Gasteiger partial charge in [-0.3, -0.25) is 0 Å². The van der Waals surface area contributed by atoms with E-state index in [1.807, 2.05) is 12.3 Å². The first kappa shape index (κ1) is 13.5. The van der Waals surface area contributed by atoms with Gasteiger partial charge in [-0.1, -0.05) is 19.1 Å². The van der Waals surface area contributed by atoms with Crippen molar-refractivity contribution in [1.82, 2.24) is 10.3 Å². The predicted molar refractivity (Wildman–Crippen MR) is 75.5 cm³/mol. The number of thiazole rings is 1. The number of thioether (sulfide) groups is 1. The van der Waals surface area contributed by atoms with Crippen molar-refractivity contribution in [3.05, 3.63) is 46.2 Å². The molecule has 0 spiro atoms. The molecule has 0 aliphatic rings. The van der Waals surface area contributed by atoms with E-state index in [1.165, 1.54) is 22.7 Å². The van der Waals surface area contributed by atoms with E-state index >= 15 is 0 Å². The second kappa shape index (κ2) is 6.87. The van der Waals surface area contributed by atoms with Crippen LogP contribution in [0.4, 0.5) is 4.39 Å². The van der Waals surface area contributed by atoms with Crippen LogP contribution < -0.4 is 5.32 Å². The summed E-state index contributed by atoms with van der Waals surface area (Å²) in [5.41, 5.74) is 0. The normalized spacial score (nSPS) is 10.8. The Morgan fingerprint density at radius 2 is 2.22 bits per heavy atom. The molecule has 2 nitrogen and oxygen atoms in total. The van der Waals surface area contributed by atoms with Gasteiger partial charge in [0.15, 0.2) is 0 Å². The Bertz CT molecular complexity index is 499. The van der Waals surface area contributed by atoms with Crippen LogP contribution in [0.15, 0.2) is 35.4 Å². The third-order valence-electron chi connectivity index (χ3n) is 2.34. The van der Waals surface area contributed by atoms with Gasteiger partial charge in [-0.05, 0) is 18.7 Å². The lowest BCUT2D eigenvalue weighted by molar-refractivity contribution is 0.602. The lowest BCUT2D eigenvalue weighted by Gasteiger charge is -2.00. The van der Waals surface area contributed by atoms with Crippen molar-refractivity contribution in [2.24, 2.45) is 0 Å². The summed E-state index contributed by atoms with van der Waals surface area (Å²) < 4.78 is 13.4. The summed E-state index contributed by atoms with van der Waals surface area (Å²) in [7, 11) is 0. The second-order valence-corrected chi connectivity index (χ2v) is 5.94. The van der Waals surface area contributed by atoms with Crippen molar-refractivity contribution in [3.63, 3.8) is 0 Å². The summed E-state index contributed by atoms with van der Waals surface area (Å²) in [4.78, 5) is 6.25. The molecule has 1 aromatic carbocycles. The van der Waals surface area contributed by atoms with Crippen LogP contribution in [-0.2, 0) is 12.3 Å². The van der Waals surface area contributed by atoms with E-state index in [0.29, 0.717) is 4.90 Å². The van der Waals surface area contributed by atoms with Gasteiger partial charge in [0, 0.05) is 22.5 Å². The van der Waals surface area contributed by atoms with Gasteiger partial charge in [-0.15, -0.1) is 23.1 Å². The standard InChI is InChI=1S/C13H15FN2S2/c1-2-15-7-10-8-16-13(18-10)9-17-12-6-4-3-5-11(12)14/h3-6,8,15H,2,7,9H2,1H3.